The maximum absolute atomic E-state index is 12.2. The number of benzene rings is 2. The minimum Gasteiger partial charge on any atom is -0.484 e. The maximum Gasteiger partial charge on any atom is 0.258 e. The normalized spacial score (nSPS) is 12.6. The molecule has 2 aromatic carbocycles. The van der Waals surface area contributed by atoms with Gasteiger partial charge in [-0.25, -0.2) is 13.1 Å². The van der Waals surface area contributed by atoms with Crippen LogP contribution in [0.15, 0.2) is 57.9 Å². The molecule has 2 N–H and O–H groups in total. The van der Waals surface area contributed by atoms with E-state index in [1.54, 1.807) is 0 Å². The molecule has 8 heteroatoms. The van der Waals surface area contributed by atoms with E-state index in [0.29, 0.717) is 12.3 Å². The van der Waals surface area contributed by atoms with E-state index < -0.39 is 10.0 Å². The van der Waals surface area contributed by atoms with E-state index >= 15 is 0 Å². The highest BCUT2D eigenvalue weighted by Crippen LogP contribution is 2.18. The molecule has 0 aliphatic heterocycles. The van der Waals surface area contributed by atoms with E-state index in [9.17, 15) is 13.2 Å². The van der Waals surface area contributed by atoms with Gasteiger partial charge in [0, 0.05) is 11.0 Å². The highest BCUT2D eigenvalue weighted by Gasteiger charge is 2.15. The van der Waals surface area contributed by atoms with Gasteiger partial charge in [0.1, 0.15) is 5.75 Å². The molecule has 2 rings (SSSR count). The Labute approximate surface area is 174 Å². The van der Waals surface area contributed by atoms with Crippen LogP contribution in [0.4, 0.5) is 0 Å². The highest BCUT2D eigenvalue weighted by atomic mass is 79.9. The van der Waals surface area contributed by atoms with Crippen LogP contribution in [0.25, 0.3) is 0 Å². The van der Waals surface area contributed by atoms with Crippen molar-refractivity contribution in [2.75, 3.05) is 13.2 Å². The van der Waals surface area contributed by atoms with Crippen molar-refractivity contribution in [3.8, 4) is 5.75 Å². The molecule has 0 bridgehead atoms. The third kappa shape index (κ3) is 6.92. The maximum atomic E-state index is 12.2. The summed E-state index contributed by atoms with van der Waals surface area (Å²) in [5.74, 6) is 0.381. The lowest BCUT2D eigenvalue weighted by Gasteiger charge is -2.15. The van der Waals surface area contributed by atoms with Crippen LogP contribution < -0.4 is 14.8 Å². The Morgan fingerprint density at radius 2 is 1.79 bits per heavy atom. The molecule has 0 aromatic heterocycles. The van der Waals surface area contributed by atoms with Crippen LogP contribution in [0.5, 0.6) is 5.75 Å². The molecule has 1 amide bonds. The van der Waals surface area contributed by atoms with Crippen molar-refractivity contribution in [3.05, 3.63) is 58.6 Å². The molecule has 2 aromatic rings. The van der Waals surface area contributed by atoms with Gasteiger partial charge in [-0.05, 0) is 54.8 Å². The molecular weight excluding hydrogens is 444 g/mol. The molecule has 0 unspecified atom stereocenters. The number of sulfonamides is 1. The van der Waals surface area contributed by atoms with Gasteiger partial charge in [0.15, 0.2) is 6.61 Å². The van der Waals surface area contributed by atoms with E-state index in [4.69, 9.17) is 4.74 Å². The predicted octanol–water partition coefficient (Wildman–Crippen LogP) is 3.64. The Morgan fingerprint density at radius 1 is 1.11 bits per heavy atom. The van der Waals surface area contributed by atoms with Gasteiger partial charge in [0.25, 0.3) is 5.91 Å². The fourth-order valence-corrected chi connectivity index (χ4v) is 4.00. The standard InChI is InChI=1S/C20H25BrN2O4S/c1-14(2)12-22-28(25,26)19-9-7-18(8-10-19)27-13-20(24)23-15(3)16-5-4-6-17(21)11-16/h4-11,14-15,22H,12-13H2,1-3H3,(H,23,24)/t15-/m1/s1. The lowest BCUT2D eigenvalue weighted by atomic mass is 10.1. The molecule has 0 radical (unpaired) electrons. The van der Waals surface area contributed by atoms with Crippen LogP contribution in [0, 0.1) is 5.92 Å². The molecule has 0 saturated carbocycles. The van der Waals surface area contributed by atoms with Gasteiger partial charge in [-0.1, -0.05) is 41.9 Å². The molecule has 0 fully saturated rings. The number of rotatable bonds is 9. The average Bonchev–Trinajstić information content (AvgIpc) is 2.65. The number of nitrogens with one attached hydrogen (secondary N) is 2. The Morgan fingerprint density at radius 3 is 2.39 bits per heavy atom. The number of ether oxygens (including phenoxy) is 1. The third-order valence-corrected chi connectivity index (χ3v) is 5.84. The first-order valence-electron chi connectivity index (χ1n) is 8.94. The van der Waals surface area contributed by atoms with Crippen molar-refractivity contribution in [3.63, 3.8) is 0 Å². The summed E-state index contributed by atoms with van der Waals surface area (Å²) in [7, 11) is -3.54. The van der Waals surface area contributed by atoms with Gasteiger partial charge in [0.05, 0.1) is 10.9 Å². The first kappa shape index (κ1) is 22.4. The summed E-state index contributed by atoms with van der Waals surface area (Å²) in [6, 6.07) is 13.5. The Bertz CT molecular complexity index is 899. The summed E-state index contributed by atoms with van der Waals surface area (Å²) >= 11 is 3.41. The van der Waals surface area contributed by atoms with Gasteiger partial charge in [-0.3, -0.25) is 4.79 Å². The fourth-order valence-electron chi connectivity index (χ4n) is 2.37. The lowest BCUT2D eigenvalue weighted by Crippen LogP contribution is -2.31. The molecule has 1 atom stereocenters. The molecule has 28 heavy (non-hydrogen) atoms. The minimum absolute atomic E-state index is 0.157. The van der Waals surface area contributed by atoms with E-state index in [2.05, 4.69) is 26.0 Å². The average molecular weight is 469 g/mol. The second kappa shape index (κ2) is 10.0. The number of amides is 1. The molecule has 152 valence electrons. The van der Waals surface area contributed by atoms with E-state index in [1.807, 2.05) is 45.0 Å². The summed E-state index contributed by atoms with van der Waals surface area (Å²) in [5, 5.41) is 2.87. The van der Waals surface area contributed by atoms with Crippen molar-refractivity contribution >= 4 is 31.9 Å². The van der Waals surface area contributed by atoms with Gasteiger partial charge in [-0.15, -0.1) is 0 Å². The molecule has 0 aliphatic carbocycles. The lowest BCUT2D eigenvalue weighted by molar-refractivity contribution is -0.123. The number of carbonyl (C=O) groups is 1. The van der Waals surface area contributed by atoms with Gasteiger partial charge in [0.2, 0.25) is 10.0 Å². The number of hydrogen-bond donors (Lipinski definition) is 2. The van der Waals surface area contributed by atoms with Crippen LogP contribution in [0.3, 0.4) is 0 Å². The largest absolute Gasteiger partial charge is 0.484 e. The monoisotopic (exact) mass is 468 g/mol. The van der Waals surface area contributed by atoms with Crippen LogP contribution in [0.2, 0.25) is 0 Å². The van der Waals surface area contributed by atoms with Crippen LogP contribution >= 0.6 is 15.9 Å². The Kier molecular flexibility index (Phi) is 8.03. The van der Waals surface area contributed by atoms with Crippen LogP contribution in [0.1, 0.15) is 32.4 Å². The van der Waals surface area contributed by atoms with E-state index in [1.165, 1.54) is 24.3 Å². The van der Waals surface area contributed by atoms with Gasteiger partial charge in [-0.2, -0.15) is 0 Å². The topological polar surface area (TPSA) is 84.5 Å². The summed E-state index contributed by atoms with van der Waals surface area (Å²) in [4.78, 5) is 12.3. The molecule has 0 heterocycles. The quantitative estimate of drug-likeness (QED) is 0.588. The third-order valence-electron chi connectivity index (χ3n) is 3.91. The van der Waals surface area contributed by atoms with Gasteiger partial charge < -0.3 is 10.1 Å². The summed E-state index contributed by atoms with van der Waals surface area (Å²) in [6.45, 7) is 5.97. The number of hydrogen-bond acceptors (Lipinski definition) is 4. The Balaban J connectivity index is 1.88. The molecule has 0 saturated heterocycles. The summed E-state index contributed by atoms with van der Waals surface area (Å²) < 4.78 is 33.3. The zero-order chi connectivity index (χ0) is 20.7. The second-order valence-electron chi connectivity index (χ2n) is 6.85. The highest BCUT2D eigenvalue weighted by molar-refractivity contribution is 9.10. The first-order valence-corrected chi connectivity index (χ1v) is 11.2. The second-order valence-corrected chi connectivity index (χ2v) is 9.53. The Hall–Kier alpha value is -1.90. The van der Waals surface area contributed by atoms with Crippen molar-refractivity contribution in [2.45, 2.75) is 31.7 Å². The SMILES string of the molecule is CC(C)CNS(=O)(=O)c1ccc(OCC(=O)N[C@H](C)c2cccc(Br)c2)cc1. The summed E-state index contributed by atoms with van der Waals surface area (Å²) in [6.07, 6.45) is 0. The molecule has 0 spiro atoms. The number of carbonyl (C=O) groups excluding carboxylic acids is 1. The van der Waals surface area contributed by atoms with Gasteiger partial charge >= 0.3 is 0 Å². The fraction of sp³-hybridized carbons (Fsp3) is 0.350. The minimum atomic E-state index is -3.54. The summed E-state index contributed by atoms with van der Waals surface area (Å²) in [5.41, 5.74) is 0.978. The molecule has 6 nitrogen and oxygen atoms in total. The van der Waals surface area contributed by atoms with Crippen molar-refractivity contribution in [1.82, 2.24) is 10.0 Å². The zero-order valence-electron chi connectivity index (χ0n) is 16.1. The number of halogens is 1. The zero-order valence-corrected chi connectivity index (χ0v) is 18.5. The van der Waals surface area contributed by atoms with Crippen LogP contribution in [-0.4, -0.2) is 27.5 Å². The van der Waals surface area contributed by atoms with E-state index in [0.717, 1.165) is 10.0 Å². The van der Waals surface area contributed by atoms with Crippen molar-refractivity contribution in [1.29, 1.82) is 0 Å². The predicted molar refractivity (Wildman–Crippen MR) is 113 cm³/mol. The van der Waals surface area contributed by atoms with E-state index in [-0.39, 0.29) is 29.4 Å². The smallest absolute Gasteiger partial charge is 0.258 e. The molecule has 0 aliphatic rings. The van der Waals surface area contributed by atoms with Crippen LogP contribution in [-0.2, 0) is 14.8 Å². The van der Waals surface area contributed by atoms with Crippen molar-refractivity contribution < 1.29 is 17.9 Å². The van der Waals surface area contributed by atoms with Crippen molar-refractivity contribution in [2.24, 2.45) is 5.92 Å². The first-order chi connectivity index (χ1) is 13.2. The molecular formula is C20H25BrN2O4S.